The molecule has 3 heteroatoms. The molecule has 10 heavy (non-hydrogen) atoms. The SMILES string of the molecule is CC(C)(S)N1CC(C#N)C1. The van der Waals surface area contributed by atoms with E-state index >= 15 is 0 Å². The highest BCUT2D eigenvalue weighted by molar-refractivity contribution is 7.81. The van der Waals surface area contributed by atoms with E-state index < -0.39 is 0 Å². The van der Waals surface area contributed by atoms with Crippen molar-refractivity contribution in [2.24, 2.45) is 5.92 Å². The van der Waals surface area contributed by atoms with Gasteiger partial charge in [0, 0.05) is 13.1 Å². The zero-order chi connectivity index (χ0) is 7.78. The van der Waals surface area contributed by atoms with Crippen LogP contribution < -0.4 is 0 Å². The van der Waals surface area contributed by atoms with Crippen LogP contribution in [0.1, 0.15) is 13.8 Å². The van der Waals surface area contributed by atoms with Gasteiger partial charge in [-0.3, -0.25) is 4.90 Å². The highest BCUT2D eigenvalue weighted by Crippen LogP contribution is 2.27. The Balaban J connectivity index is 2.35. The van der Waals surface area contributed by atoms with E-state index in [2.05, 4.69) is 23.6 Å². The van der Waals surface area contributed by atoms with E-state index in [4.69, 9.17) is 5.26 Å². The maximum Gasteiger partial charge on any atom is 0.0718 e. The Morgan fingerprint density at radius 1 is 1.60 bits per heavy atom. The van der Waals surface area contributed by atoms with E-state index in [1.54, 1.807) is 0 Å². The maximum atomic E-state index is 8.47. The van der Waals surface area contributed by atoms with Crippen molar-refractivity contribution in [3.63, 3.8) is 0 Å². The van der Waals surface area contributed by atoms with E-state index in [9.17, 15) is 0 Å². The molecule has 1 fully saturated rings. The molecular weight excluding hydrogens is 144 g/mol. The van der Waals surface area contributed by atoms with Crippen LogP contribution in [0.5, 0.6) is 0 Å². The largest absolute Gasteiger partial charge is 0.287 e. The lowest BCUT2D eigenvalue weighted by Gasteiger charge is -2.44. The second-order valence-corrected chi connectivity index (χ2v) is 4.32. The van der Waals surface area contributed by atoms with Crippen molar-refractivity contribution in [1.29, 1.82) is 5.26 Å². The van der Waals surface area contributed by atoms with Crippen LogP contribution in [0.4, 0.5) is 0 Å². The number of thiol groups is 1. The van der Waals surface area contributed by atoms with Gasteiger partial charge >= 0.3 is 0 Å². The molecule has 2 nitrogen and oxygen atoms in total. The summed E-state index contributed by atoms with van der Waals surface area (Å²) in [5, 5.41) is 8.47. The molecule has 1 heterocycles. The summed E-state index contributed by atoms with van der Waals surface area (Å²) < 4.78 is 0. The van der Waals surface area contributed by atoms with E-state index in [0.717, 1.165) is 13.1 Å². The third-order valence-corrected chi connectivity index (χ3v) is 2.12. The number of rotatable bonds is 1. The van der Waals surface area contributed by atoms with E-state index in [1.165, 1.54) is 0 Å². The average molecular weight is 156 g/mol. The zero-order valence-electron chi connectivity index (χ0n) is 6.33. The van der Waals surface area contributed by atoms with Crippen LogP contribution in [0.25, 0.3) is 0 Å². The number of likely N-dealkylation sites (tertiary alicyclic amines) is 1. The quantitative estimate of drug-likeness (QED) is 0.576. The highest BCUT2D eigenvalue weighted by atomic mass is 32.1. The van der Waals surface area contributed by atoms with Crippen molar-refractivity contribution in [2.45, 2.75) is 18.7 Å². The Labute approximate surface area is 67.2 Å². The van der Waals surface area contributed by atoms with Gasteiger partial charge in [0.1, 0.15) is 0 Å². The Kier molecular flexibility index (Phi) is 1.93. The molecule has 0 aromatic heterocycles. The molecule has 1 saturated heterocycles. The standard InChI is InChI=1S/C7H12N2S/c1-7(2,10)9-4-6(3-8)5-9/h6,10H,4-5H2,1-2H3. The molecule has 0 spiro atoms. The molecule has 0 aromatic carbocycles. The summed E-state index contributed by atoms with van der Waals surface area (Å²) in [6, 6.07) is 2.23. The smallest absolute Gasteiger partial charge is 0.0718 e. The summed E-state index contributed by atoms with van der Waals surface area (Å²) in [5.41, 5.74) is 0. The summed E-state index contributed by atoms with van der Waals surface area (Å²) in [5.74, 6) is 0.242. The normalized spacial score (nSPS) is 21.8. The minimum Gasteiger partial charge on any atom is -0.287 e. The van der Waals surface area contributed by atoms with Gasteiger partial charge in [-0.1, -0.05) is 0 Å². The summed E-state index contributed by atoms with van der Waals surface area (Å²) in [6.45, 7) is 5.85. The monoisotopic (exact) mass is 156 g/mol. The molecule has 1 aliphatic heterocycles. The van der Waals surface area contributed by atoms with Gasteiger partial charge < -0.3 is 0 Å². The Morgan fingerprint density at radius 2 is 2.10 bits per heavy atom. The maximum absolute atomic E-state index is 8.47. The van der Waals surface area contributed by atoms with Crippen molar-refractivity contribution in [1.82, 2.24) is 4.90 Å². The van der Waals surface area contributed by atoms with Crippen molar-refractivity contribution in [3.05, 3.63) is 0 Å². The molecule has 0 amide bonds. The minimum atomic E-state index is -0.0483. The van der Waals surface area contributed by atoms with Crippen LogP contribution in [0.3, 0.4) is 0 Å². The second kappa shape index (κ2) is 2.44. The predicted molar refractivity (Wildman–Crippen MR) is 43.7 cm³/mol. The van der Waals surface area contributed by atoms with Gasteiger partial charge in [-0.25, -0.2) is 0 Å². The molecule has 0 aliphatic carbocycles. The van der Waals surface area contributed by atoms with Crippen molar-refractivity contribution < 1.29 is 0 Å². The molecule has 1 rings (SSSR count). The topological polar surface area (TPSA) is 27.0 Å². The van der Waals surface area contributed by atoms with Crippen LogP contribution >= 0.6 is 12.6 Å². The first-order chi connectivity index (χ1) is 4.54. The Bertz CT molecular complexity index is 159. The molecule has 0 aromatic rings. The molecule has 0 atom stereocenters. The third kappa shape index (κ3) is 1.44. The van der Waals surface area contributed by atoms with E-state index in [1.807, 2.05) is 13.8 Å². The fourth-order valence-electron chi connectivity index (χ4n) is 1.01. The first-order valence-corrected chi connectivity index (χ1v) is 3.86. The first-order valence-electron chi connectivity index (χ1n) is 3.41. The molecule has 0 saturated carbocycles. The lowest BCUT2D eigenvalue weighted by atomic mass is 10.0. The Hall–Kier alpha value is -0.200. The van der Waals surface area contributed by atoms with Gasteiger partial charge in [0.15, 0.2) is 0 Å². The van der Waals surface area contributed by atoms with E-state index in [-0.39, 0.29) is 10.8 Å². The predicted octanol–water partition coefficient (Wildman–Crippen LogP) is 1.11. The molecule has 0 radical (unpaired) electrons. The molecule has 56 valence electrons. The summed E-state index contributed by atoms with van der Waals surface area (Å²) in [4.78, 5) is 2.14. The summed E-state index contributed by atoms with van der Waals surface area (Å²) in [7, 11) is 0. The molecule has 0 bridgehead atoms. The van der Waals surface area contributed by atoms with Crippen LogP contribution in [0.2, 0.25) is 0 Å². The van der Waals surface area contributed by atoms with Gasteiger partial charge in [0.05, 0.1) is 16.9 Å². The van der Waals surface area contributed by atoms with Crippen molar-refractivity contribution in [3.8, 4) is 6.07 Å². The molecule has 1 aliphatic rings. The summed E-state index contributed by atoms with van der Waals surface area (Å²) in [6.07, 6.45) is 0. The minimum absolute atomic E-state index is 0.0483. The summed E-state index contributed by atoms with van der Waals surface area (Å²) >= 11 is 4.38. The third-order valence-electron chi connectivity index (χ3n) is 1.84. The second-order valence-electron chi connectivity index (χ2n) is 3.23. The first kappa shape index (κ1) is 7.90. The van der Waals surface area contributed by atoms with E-state index in [0.29, 0.717) is 0 Å². The fraction of sp³-hybridized carbons (Fsp3) is 0.857. The van der Waals surface area contributed by atoms with Crippen molar-refractivity contribution >= 4 is 12.6 Å². The van der Waals surface area contributed by atoms with Gasteiger partial charge in [-0.05, 0) is 13.8 Å². The molecule has 0 unspecified atom stereocenters. The Morgan fingerprint density at radius 3 is 2.40 bits per heavy atom. The lowest BCUT2D eigenvalue weighted by molar-refractivity contribution is 0.0806. The number of hydrogen-bond acceptors (Lipinski definition) is 3. The molecule has 0 N–H and O–H groups in total. The van der Waals surface area contributed by atoms with Crippen LogP contribution in [-0.2, 0) is 0 Å². The van der Waals surface area contributed by atoms with Gasteiger partial charge in [0.2, 0.25) is 0 Å². The highest BCUT2D eigenvalue weighted by Gasteiger charge is 2.34. The van der Waals surface area contributed by atoms with Crippen LogP contribution in [0.15, 0.2) is 0 Å². The van der Waals surface area contributed by atoms with Gasteiger partial charge in [0.25, 0.3) is 0 Å². The van der Waals surface area contributed by atoms with Crippen molar-refractivity contribution in [2.75, 3.05) is 13.1 Å². The average Bonchev–Trinajstić information content (AvgIpc) is 1.57. The number of hydrogen-bond donors (Lipinski definition) is 1. The van der Waals surface area contributed by atoms with Crippen LogP contribution in [0, 0.1) is 17.2 Å². The zero-order valence-corrected chi connectivity index (χ0v) is 7.23. The van der Waals surface area contributed by atoms with Gasteiger partial charge in [-0.2, -0.15) is 17.9 Å². The van der Waals surface area contributed by atoms with Gasteiger partial charge in [-0.15, -0.1) is 0 Å². The molecular formula is C7H12N2S. The fourth-order valence-corrected chi connectivity index (χ4v) is 1.17. The lowest BCUT2D eigenvalue weighted by Crippen LogP contribution is -2.54. The number of nitrogens with zero attached hydrogens (tertiary/aromatic N) is 2. The van der Waals surface area contributed by atoms with Crippen LogP contribution in [-0.4, -0.2) is 22.9 Å². The number of nitriles is 1.